The lowest BCUT2D eigenvalue weighted by Crippen LogP contribution is -2.97. The van der Waals surface area contributed by atoms with Gasteiger partial charge >= 0.3 is 0 Å². The predicted octanol–water partition coefficient (Wildman–Crippen LogP) is 0.420. The van der Waals surface area contributed by atoms with E-state index in [2.05, 4.69) is 10.5 Å². The number of hydrogen-bond donors (Lipinski definition) is 2. The summed E-state index contributed by atoms with van der Waals surface area (Å²) < 4.78 is 4.92. The van der Waals surface area contributed by atoms with Gasteiger partial charge in [0.25, 0.3) is 5.91 Å². The molecule has 1 unspecified atom stereocenters. The van der Waals surface area contributed by atoms with E-state index in [9.17, 15) is 9.90 Å². The van der Waals surface area contributed by atoms with Gasteiger partial charge in [-0.1, -0.05) is 23.9 Å². The molecule has 1 heterocycles. The van der Waals surface area contributed by atoms with Crippen molar-refractivity contribution in [3.05, 3.63) is 59.8 Å². The van der Waals surface area contributed by atoms with Crippen LogP contribution in [-0.4, -0.2) is 26.3 Å². The molecule has 6 nitrogen and oxygen atoms in total. The zero-order valence-electron chi connectivity index (χ0n) is 13.4. The summed E-state index contributed by atoms with van der Waals surface area (Å²) >= 11 is 0. The van der Waals surface area contributed by atoms with E-state index in [0.717, 1.165) is 16.2 Å². The first-order valence-electron chi connectivity index (χ1n) is 7.43. The molecule has 0 saturated carbocycles. The molecule has 6 heteroatoms. The predicted molar refractivity (Wildman–Crippen MR) is 89.1 cm³/mol. The third-order valence-corrected chi connectivity index (χ3v) is 3.81. The molecule has 3 rings (SSSR count). The van der Waals surface area contributed by atoms with Crippen LogP contribution in [0.4, 0.5) is 5.69 Å². The third kappa shape index (κ3) is 3.00. The molecule has 0 aromatic heterocycles. The number of para-hydroxylation sites is 1. The van der Waals surface area contributed by atoms with Gasteiger partial charge in [0.2, 0.25) is 0 Å². The average molecular weight is 323 g/mol. The fourth-order valence-corrected chi connectivity index (χ4v) is 2.62. The molecule has 0 aliphatic carbocycles. The first kappa shape index (κ1) is 15.8. The number of nitrogens with one attached hydrogen (secondary N) is 2. The van der Waals surface area contributed by atoms with E-state index < -0.39 is 0 Å². The number of nitrogens with zero attached hydrogens (tertiary/aromatic N) is 1. The van der Waals surface area contributed by atoms with Crippen LogP contribution < -0.4 is 20.2 Å². The van der Waals surface area contributed by atoms with Crippen LogP contribution in [-0.2, 0) is 4.79 Å². The highest BCUT2D eigenvalue weighted by Crippen LogP contribution is 2.25. The number of quaternary nitrogens is 1. The van der Waals surface area contributed by atoms with Crippen LogP contribution in [0.2, 0.25) is 0 Å². The van der Waals surface area contributed by atoms with Crippen LogP contribution in [0, 0.1) is 0 Å². The number of benzene rings is 2. The van der Waals surface area contributed by atoms with Crippen LogP contribution in [0.3, 0.4) is 0 Å². The summed E-state index contributed by atoms with van der Waals surface area (Å²) in [5.41, 5.74) is 5.62. The molecule has 2 N–H and O–H groups in total. The Morgan fingerprint density at radius 2 is 2.08 bits per heavy atom. The second-order valence-corrected chi connectivity index (χ2v) is 5.40. The molecular formula is C18H17N3O3. The van der Waals surface area contributed by atoms with Gasteiger partial charge in [-0.15, -0.1) is 0 Å². The van der Waals surface area contributed by atoms with Crippen LogP contribution in [0.15, 0.2) is 53.8 Å². The molecule has 1 aliphatic heterocycles. The van der Waals surface area contributed by atoms with Gasteiger partial charge in [0, 0.05) is 6.07 Å². The molecule has 0 fully saturated rings. The molecule has 122 valence electrons. The minimum atomic E-state index is -0.286. The number of hydrogen-bond acceptors (Lipinski definition) is 4. The molecule has 24 heavy (non-hydrogen) atoms. The smallest absolute Gasteiger partial charge is 0.277 e. The Balaban J connectivity index is 1.70. The Bertz CT molecular complexity index is 843. The Morgan fingerprint density at radius 3 is 2.83 bits per heavy atom. The number of carbonyl (C=O) groups is 1. The maximum absolute atomic E-state index is 12.3. The van der Waals surface area contributed by atoms with Crippen molar-refractivity contribution in [2.45, 2.75) is 0 Å². The van der Waals surface area contributed by atoms with Gasteiger partial charge in [-0.25, -0.2) is 5.43 Å². The zero-order chi connectivity index (χ0) is 17.1. The highest BCUT2D eigenvalue weighted by molar-refractivity contribution is 6.21. The number of fused-ring (bicyclic) bond motifs is 1. The van der Waals surface area contributed by atoms with E-state index in [1.54, 1.807) is 12.1 Å². The summed E-state index contributed by atoms with van der Waals surface area (Å²) in [6.45, 7) is 0. The van der Waals surface area contributed by atoms with Crippen LogP contribution in [0.25, 0.3) is 5.57 Å². The van der Waals surface area contributed by atoms with E-state index in [-0.39, 0.29) is 17.4 Å². The minimum absolute atomic E-state index is 0.231. The van der Waals surface area contributed by atoms with Crippen LogP contribution in [0.1, 0.15) is 11.1 Å². The lowest BCUT2D eigenvalue weighted by atomic mass is 10.1. The van der Waals surface area contributed by atoms with E-state index >= 15 is 0 Å². The molecule has 0 bridgehead atoms. The SMILES string of the molecule is COc1ccc(C=NNC(=O)C2=C[NH+](C)c3ccccc32)cc1[O-]. The maximum Gasteiger partial charge on any atom is 0.277 e. The summed E-state index contributed by atoms with van der Waals surface area (Å²) in [7, 11) is 3.41. The normalized spacial score (nSPS) is 15.9. The van der Waals surface area contributed by atoms with Crippen molar-refractivity contribution < 1.29 is 19.5 Å². The van der Waals surface area contributed by atoms with Crippen molar-refractivity contribution in [3.63, 3.8) is 0 Å². The Labute approximate surface area is 139 Å². The van der Waals surface area contributed by atoms with E-state index in [1.807, 2.05) is 37.5 Å². The fraction of sp³-hybridized carbons (Fsp3) is 0.111. The summed E-state index contributed by atoms with van der Waals surface area (Å²) in [4.78, 5) is 13.4. The highest BCUT2D eigenvalue weighted by atomic mass is 16.5. The number of carbonyl (C=O) groups excluding carboxylic acids is 1. The number of ether oxygens (including phenoxy) is 1. The number of amides is 1. The zero-order valence-corrected chi connectivity index (χ0v) is 13.4. The van der Waals surface area contributed by atoms with E-state index in [1.165, 1.54) is 19.4 Å². The van der Waals surface area contributed by atoms with Crippen molar-refractivity contribution >= 4 is 23.4 Å². The Morgan fingerprint density at radius 1 is 1.29 bits per heavy atom. The van der Waals surface area contributed by atoms with Crippen molar-refractivity contribution in [1.82, 2.24) is 5.43 Å². The van der Waals surface area contributed by atoms with Gasteiger partial charge < -0.3 is 9.84 Å². The summed E-state index contributed by atoms with van der Waals surface area (Å²) in [5, 5.41) is 15.6. The molecule has 2 aromatic rings. The Hall–Kier alpha value is -3.12. The average Bonchev–Trinajstić information content (AvgIpc) is 2.92. The quantitative estimate of drug-likeness (QED) is 0.632. The van der Waals surface area contributed by atoms with Crippen LogP contribution >= 0.6 is 0 Å². The number of hydrazone groups is 1. The van der Waals surface area contributed by atoms with Gasteiger partial charge in [0.15, 0.2) is 0 Å². The van der Waals surface area contributed by atoms with Gasteiger partial charge in [0.05, 0.1) is 25.9 Å². The largest absolute Gasteiger partial charge is 0.870 e. The minimum Gasteiger partial charge on any atom is -0.870 e. The number of methoxy groups -OCH3 is 1. The molecule has 1 amide bonds. The van der Waals surface area contributed by atoms with Crippen molar-refractivity contribution in [3.8, 4) is 11.5 Å². The second kappa shape index (κ2) is 6.55. The molecule has 0 radical (unpaired) electrons. The fourth-order valence-electron chi connectivity index (χ4n) is 2.62. The van der Waals surface area contributed by atoms with Crippen molar-refractivity contribution in [1.29, 1.82) is 0 Å². The van der Waals surface area contributed by atoms with E-state index in [4.69, 9.17) is 4.74 Å². The second-order valence-electron chi connectivity index (χ2n) is 5.40. The number of rotatable bonds is 4. The van der Waals surface area contributed by atoms with Crippen molar-refractivity contribution in [2.24, 2.45) is 5.10 Å². The molecule has 1 atom stereocenters. The lowest BCUT2D eigenvalue weighted by molar-refractivity contribution is -0.747. The first-order chi connectivity index (χ1) is 11.6. The molecule has 0 saturated heterocycles. The van der Waals surface area contributed by atoms with Crippen LogP contribution in [0.5, 0.6) is 11.5 Å². The Kier molecular flexibility index (Phi) is 4.31. The van der Waals surface area contributed by atoms with Crippen molar-refractivity contribution in [2.75, 3.05) is 14.2 Å². The molecule has 1 aliphatic rings. The molecule has 0 spiro atoms. The van der Waals surface area contributed by atoms with Gasteiger partial charge in [-0.3, -0.25) is 9.69 Å². The van der Waals surface area contributed by atoms with Gasteiger partial charge in [0.1, 0.15) is 23.2 Å². The standard InChI is InChI=1S/C18H17N3O3/c1-21-11-14(13-5-3-4-6-15(13)21)18(23)20-19-10-12-7-8-17(24-2)16(22)9-12/h3-11,22H,1-2H3,(H,20,23). The van der Waals surface area contributed by atoms with E-state index in [0.29, 0.717) is 11.1 Å². The third-order valence-electron chi connectivity index (χ3n) is 3.81. The summed E-state index contributed by atoms with van der Waals surface area (Å²) in [6.07, 6.45) is 3.27. The molecular weight excluding hydrogens is 306 g/mol. The lowest BCUT2D eigenvalue weighted by Gasteiger charge is -2.11. The highest BCUT2D eigenvalue weighted by Gasteiger charge is 2.27. The monoisotopic (exact) mass is 323 g/mol. The first-order valence-corrected chi connectivity index (χ1v) is 7.43. The topological polar surface area (TPSA) is 78.2 Å². The maximum atomic E-state index is 12.3. The van der Waals surface area contributed by atoms with Gasteiger partial charge in [-0.2, -0.15) is 5.10 Å². The molecule has 2 aromatic carbocycles. The summed E-state index contributed by atoms with van der Waals surface area (Å²) in [6, 6.07) is 12.4. The summed E-state index contributed by atoms with van der Waals surface area (Å²) in [5.74, 6) is -0.244. The van der Waals surface area contributed by atoms with Gasteiger partial charge in [-0.05, 0) is 23.8 Å².